The van der Waals surface area contributed by atoms with Crippen LogP contribution >= 0.6 is 0 Å². The van der Waals surface area contributed by atoms with E-state index < -0.39 is 0 Å². The van der Waals surface area contributed by atoms with Crippen molar-refractivity contribution in [2.45, 2.75) is 26.7 Å². The number of aromatic hydroxyl groups is 1. The normalized spacial score (nSPS) is 12.9. The van der Waals surface area contributed by atoms with Crippen molar-refractivity contribution in [3.8, 4) is 34.5 Å². The van der Waals surface area contributed by atoms with Gasteiger partial charge in [-0.1, -0.05) is 0 Å². The van der Waals surface area contributed by atoms with Gasteiger partial charge in [-0.15, -0.1) is 0 Å². The van der Waals surface area contributed by atoms with Crippen molar-refractivity contribution < 1.29 is 33.6 Å². The summed E-state index contributed by atoms with van der Waals surface area (Å²) in [7, 11) is 4.60. The lowest BCUT2D eigenvalue weighted by atomic mass is 10.1. The Labute approximate surface area is 199 Å². The third-order valence-electron chi connectivity index (χ3n) is 5.70. The van der Waals surface area contributed by atoms with Gasteiger partial charge in [0.1, 0.15) is 0 Å². The van der Waals surface area contributed by atoms with Crippen LogP contribution in [0.3, 0.4) is 0 Å². The molecule has 1 aliphatic rings. The minimum atomic E-state index is -0.212. The Morgan fingerprint density at radius 2 is 1.53 bits per heavy atom. The highest BCUT2D eigenvalue weighted by molar-refractivity contribution is 5.96. The van der Waals surface area contributed by atoms with Gasteiger partial charge in [-0.25, -0.2) is 0 Å². The molecule has 2 aromatic carbocycles. The standard InChI is InChI=1S/C25H32N2O7/c1-6-26(3)24(29)17-13-19(31-4)23(20(14-17)32-5)34-21-15-16(12-18(28)22(21)33-7-2)25(30)27-10-8-9-11-27/h12-15,28H,6-11H2,1-5H3. The van der Waals surface area contributed by atoms with Crippen molar-refractivity contribution in [1.29, 1.82) is 0 Å². The number of rotatable bonds is 9. The number of nitrogens with zero attached hydrogens (tertiary/aromatic N) is 2. The average molecular weight is 473 g/mol. The van der Waals surface area contributed by atoms with E-state index in [1.165, 1.54) is 26.4 Å². The van der Waals surface area contributed by atoms with Crippen LogP contribution in [0.1, 0.15) is 47.4 Å². The molecule has 0 unspecified atom stereocenters. The Kier molecular flexibility index (Phi) is 8.09. The zero-order valence-electron chi connectivity index (χ0n) is 20.3. The summed E-state index contributed by atoms with van der Waals surface area (Å²) in [5, 5.41) is 10.6. The first kappa shape index (κ1) is 25.0. The number of carbonyl (C=O) groups excluding carboxylic acids is 2. The van der Waals surface area contributed by atoms with Crippen LogP contribution in [0.5, 0.6) is 34.5 Å². The van der Waals surface area contributed by atoms with Crippen LogP contribution in [0.2, 0.25) is 0 Å². The van der Waals surface area contributed by atoms with Gasteiger partial charge in [0.05, 0.1) is 20.8 Å². The predicted octanol–water partition coefficient (Wildman–Crippen LogP) is 3.93. The topological polar surface area (TPSA) is 97.8 Å². The minimum Gasteiger partial charge on any atom is -0.504 e. The Balaban J connectivity index is 2.07. The molecule has 1 N–H and O–H groups in total. The second kappa shape index (κ2) is 11.0. The maximum atomic E-state index is 13.0. The van der Waals surface area contributed by atoms with Crippen LogP contribution in [0.4, 0.5) is 0 Å². The van der Waals surface area contributed by atoms with Gasteiger partial charge < -0.3 is 33.9 Å². The summed E-state index contributed by atoms with van der Waals surface area (Å²) in [6, 6.07) is 6.04. The molecule has 0 aromatic heterocycles. The molecule has 184 valence electrons. The molecular formula is C25H32N2O7. The number of carbonyl (C=O) groups is 2. The number of phenols is 1. The Bertz CT molecular complexity index is 1020. The van der Waals surface area contributed by atoms with E-state index in [4.69, 9.17) is 18.9 Å². The molecule has 1 heterocycles. The number of benzene rings is 2. The summed E-state index contributed by atoms with van der Waals surface area (Å²) in [6.07, 6.45) is 1.90. The van der Waals surface area contributed by atoms with Gasteiger partial charge in [-0.05, 0) is 51.0 Å². The monoisotopic (exact) mass is 472 g/mol. The van der Waals surface area contributed by atoms with Gasteiger partial charge >= 0.3 is 0 Å². The van der Waals surface area contributed by atoms with Crippen molar-refractivity contribution in [2.75, 3.05) is 47.5 Å². The lowest BCUT2D eigenvalue weighted by molar-refractivity contribution is 0.0787. The summed E-state index contributed by atoms with van der Waals surface area (Å²) < 4.78 is 22.7. The summed E-state index contributed by atoms with van der Waals surface area (Å²) in [6.45, 7) is 5.81. The maximum Gasteiger partial charge on any atom is 0.254 e. The van der Waals surface area contributed by atoms with E-state index in [9.17, 15) is 14.7 Å². The molecule has 0 bridgehead atoms. The molecule has 34 heavy (non-hydrogen) atoms. The summed E-state index contributed by atoms with van der Waals surface area (Å²) in [4.78, 5) is 29.0. The average Bonchev–Trinajstić information content (AvgIpc) is 3.39. The highest BCUT2D eigenvalue weighted by atomic mass is 16.6. The lowest BCUT2D eigenvalue weighted by Crippen LogP contribution is -2.27. The third kappa shape index (κ3) is 5.13. The van der Waals surface area contributed by atoms with Crippen LogP contribution < -0.4 is 18.9 Å². The van der Waals surface area contributed by atoms with E-state index >= 15 is 0 Å². The first-order chi connectivity index (χ1) is 16.3. The van der Waals surface area contributed by atoms with E-state index in [1.54, 1.807) is 35.9 Å². The number of methoxy groups -OCH3 is 2. The quantitative estimate of drug-likeness (QED) is 0.591. The van der Waals surface area contributed by atoms with Gasteiger partial charge in [0.25, 0.3) is 11.8 Å². The van der Waals surface area contributed by atoms with Crippen LogP contribution in [-0.4, -0.2) is 74.2 Å². The molecule has 0 aliphatic carbocycles. The molecule has 1 saturated heterocycles. The fourth-order valence-corrected chi connectivity index (χ4v) is 3.76. The largest absolute Gasteiger partial charge is 0.504 e. The molecule has 9 heteroatoms. The summed E-state index contributed by atoms with van der Waals surface area (Å²) in [5.74, 6) is 0.319. The second-order valence-corrected chi connectivity index (χ2v) is 7.89. The molecule has 9 nitrogen and oxygen atoms in total. The van der Waals surface area contributed by atoms with E-state index in [2.05, 4.69) is 0 Å². The minimum absolute atomic E-state index is 0.0930. The van der Waals surface area contributed by atoms with E-state index in [0.717, 1.165) is 12.8 Å². The zero-order valence-corrected chi connectivity index (χ0v) is 20.3. The number of phenolic OH excluding ortho intramolecular Hbond substituents is 1. The fraction of sp³-hybridized carbons (Fsp3) is 0.440. The Hall–Kier alpha value is -3.62. The molecule has 1 fully saturated rings. The van der Waals surface area contributed by atoms with Gasteiger partial charge in [0.2, 0.25) is 11.5 Å². The van der Waals surface area contributed by atoms with E-state index in [-0.39, 0.29) is 58.5 Å². The van der Waals surface area contributed by atoms with Gasteiger partial charge in [-0.3, -0.25) is 9.59 Å². The Morgan fingerprint density at radius 3 is 2.06 bits per heavy atom. The SMILES string of the molecule is CCOc1c(O)cc(C(=O)N2CCCC2)cc1Oc1c(OC)cc(C(=O)N(C)CC)cc1OC. The van der Waals surface area contributed by atoms with Gasteiger partial charge in [0, 0.05) is 37.8 Å². The third-order valence-corrected chi connectivity index (χ3v) is 5.70. The molecule has 0 atom stereocenters. The van der Waals surface area contributed by atoms with Crippen molar-refractivity contribution >= 4 is 11.8 Å². The number of likely N-dealkylation sites (tertiary alicyclic amines) is 1. The number of hydrogen-bond donors (Lipinski definition) is 1. The van der Waals surface area contributed by atoms with Crippen LogP contribution in [0.25, 0.3) is 0 Å². The zero-order chi connectivity index (χ0) is 24.8. The Morgan fingerprint density at radius 1 is 0.941 bits per heavy atom. The van der Waals surface area contributed by atoms with Crippen molar-refractivity contribution in [3.63, 3.8) is 0 Å². The molecule has 1 aliphatic heterocycles. The molecule has 0 saturated carbocycles. The van der Waals surface area contributed by atoms with Gasteiger partial charge in [0.15, 0.2) is 23.0 Å². The molecule has 0 radical (unpaired) electrons. The fourth-order valence-electron chi connectivity index (χ4n) is 3.76. The highest BCUT2D eigenvalue weighted by Gasteiger charge is 2.26. The summed E-state index contributed by atoms with van der Waals surface area (Å²) >= 11 is 0. The molecule has 2 aromatic rings. The van der Waals surface area contributed by atoms with E-state index in [0.29, 0.717) is 25.2 Å². The number of hydrogen-bond acceptors (Lipinski definition) is 7. The van der Waals surface area contributed by atoms with Gasteiger partial charge in [-0.2, -0.15) is 0 Å². The molecule has 0 spiro atoms. The maximum absolute atomic E-state index is 13.0. The van der Waals surface area contributed by atoms with Crippen molar-refractivity contribution in [2.24, 2.45) is 0 Å². The first-order valence-electron chi connectivity index (χ1n) is 11.3. The molecule has 3 rings (SSSR count). The second-order valence-electron chi connectivity index (χ2n) is 7.89. The van der Waals surface area contributed by atoms with E-state index in [1.807, 2.05) is 6.92 Å². The van der Waals surface area contributed by atoms with Crippen LogP contribution in [-0.2, 0) is 0 Å². The first-order valence-corrected chi connectivity index (χ1v) is 11.3. The van der Waals surface area contributed by atoms with Crippen molar-refractivity contribution in [3.05, 3.63) is 35.4 Å². The molecular weight excluding hydrogens is 440 g/mol. The number of amides is 2. The van der Waals surface area contributed by atoms with Crippen molar-refractivity contribution in [1.82, 2.24) is 9.80 Å². The smallest absolute Gasteiger partial charge is 0.254 e. The lowest BCUT2D eigenvalue weighted by Gasteiger charge is -2.21. The number of ether oxygens (including phenoxy) is 4. The van der Waals surface area contributed by atoms with Crippen LogP contribution in [0.15, 0.2) is 24.3 Å². The molecule has 2 amide bonds. The predicted molar refractivity (Wildman–Crippen MR) is 127 cm³/mol. The summed E-state index contributed by atoms with van der Waals surface area (Å²) in [5.41, 5.74) is 0.656. The van der Waals surface area contributed by atoms with Crippen LogP contribution in [0, 0.1) is 0 Å². The highest BCUT2D eigenvalue weighted by Crippen LogP contribution is 2.46.